The molecular formula is C17H17B2ClN2O6PS+. The van der Waals surface area contributed by atoms with Crippen molar-refractivity contribution in [3.63, 3.8) is 0 Å². The maximum Gasteiger partial charge on any atom is 0.618 e. The molecule has 0 saturated carbocycles. The molecular weight excluding hydrogens is 448 g/mol. The number of aromatic nitrogens is 2. The molecule has 30 heavy (non-hydrogen) atoms. The van der Waals surface area contributed by atoms with E-state index in [0.29, 0.717) is 18.6 Å². The number of H-pyrrole nitrogens is 1. The summed E-state index contributed by atoms with van der Waals surface area (Å²) in [5, 5.41) is -1.73. The molecule has 4 radical (unpaired) electrons. The van der Waals surface area contributed by atoms with Gasteiger partial charge >= 0.3 is 13.9 Å². The van der Waals surface area contributed by atoms with Gasteiger partial charge in [-0.1, -0.05) is 42.0 Å². The van der Waals surface area contributed by atoms with Crippen molar-refractivity contribution in [3.8, 4) is 5.75 Å². The summed E-state index contributed by atoms with van der Waals surface area (Å²) in [5.41, 5.74) is 1.11. The molecule has 13 heteroatoms. The summed E-state index contributed by atoms with van der Waals surface area (Å²) in [6.07, 6.45) is 0.606. The van der Waals surface area contributed by atoms with E-state index >= 15 is 0 Å². The number of rotatable bonds is 4. The summed E-state index contributed by atoms with van der Waals surface area (Å²) >= 11 is 10.9. The van der Waals surface area contributed by atoms with Gasteiger partial charge in [-0.15, -0.1) is 4.52 Å². The molecule has 2 N–H and O–H groups in total. The third kappa shape index (κ3) is 4.25. The van der Waals surface area contributed by atoms with Crippen molar-refractivity contribution in [2.24, 2.45) is 0 Å². The Balaban J connectivity index is 1.50. The molecule has 2 aliphatic heterocycles. The Hall–Kier alpha value is -1.19. The van der Waals surface area contributed by atoms with Gasteiger partial charge in [0.25, 0.3) is 0 Å². The number of ether oxygens (including phenoxy) is 1. The van der Waals surface area contributed by atoms with Crippen LogP contribution in [0.1, 0.15) is 30.2 Å². The van der Waals surface area contributed by atoms with E-state index in [1.165, 1.54) is 10.8 Å². The van der Waals surface area contributed by atoms with Gasteiger partial charge in [-0.3, -0.25) is 14.1 Å². The zero-order chi connectivity index (χ0) is 21.7. The van der Waals surface area contributed by atoms with Gasteiger partial charge in [0.05, 0.1) is 16.5 Å². The Labute approximate surface area is 185 Å². The lowest BCUT2D eigenvalue weighted by molar-refractivity contribution is -0.0560. The number of aromatic amines is 1. The van der Waals surface area contributed by atoms with Crippen LogP contribution in [0.15, 0.2) is 29.2 Å². The molecule has 1 saturated heterocycles. The lowest BCUT2D eigenvalue weighted by atomic mass is 9.61. The lowest BCUT2D eigenvalue weighted by Crippen LogP contribution is -2.47. The van der Waals surface area contributed by atoms with Crippen molar-refractivity contribution in [2.45, 2.75) is 44.1 Å². The topological polar surface area (TPSA) is 94.9 Å². The molecule has 1 aromatic heterocycles. The fourth-order valence-electron chi connectivity index (χ4n) is 3.38. The van der Waals surface area contributed by atoms with E-state index in [1.807, 2.05) is 25.1 Å². The van der Waals surface area contributed by atoms with Gasteiger partial charge in [-0.05, 0) is 25.3 Å². The maximum atomic E-state index is 12.2. The molecule has 0 amide bonds. The number of halogens is 1. The Morgan fingerprint density at radius 1 is 1.43 bits per heavy atom. The van der Waals surface area contributed by atoms with E-state index in [1.54, 1.807) is 0 Å². The van der Waals surface area contributed by atoms with E-state index in [2.05, 4.69) is 4.98 Å². The molecule has 0 aliphatic carbocycles. The van der Waals surface area contributed by atoms with Crippen LogP contribution in [-0.2, 0) is 20.4 Å². The molecule has 3 heterocycles. The SMILES string of the molecule is [B]C([B])(O[P+]1(O)OCc2cccc(C)c2O1)C1CCC(n2cc(Cl)c(=S)[nH]c2=O)O1. The van der Waals surface area contributed by atoms with Gasteiger partial charge in [-0.25, -0.2) is 4.79 Å². The van der Waals surface area contributed by atoms with E-state index in [0.717, 1.165) is 11.1 Å². The predicted octanol–water partition coefficient (Wildman–Crippen LogP) is 2.83. The fraction of sp³-hybridized carbons (Fsp3) is 0.412. The van der Waals surface area contributed by atoms with Gasteiger partial charge in [0.1, 0.15) is 33.2 Å². The van der Waals surface area contributed by atoms with Crippen molar-refractivity contribution in [3.05, 3.63) is 55.7 Å². The molecule has 1 aromatic carbocycles. The molecule has 3 atom stereocenters. The quantitative estimate of drug-likeness (QED) is 0.407. The fourth-order valence-corrected chi connectivity index (χ4v) is 5.13. The highest BCUT2D eigenvalue weighted by molar-refractivity contribution is 7.71. The van der Waals surface area contributed by atoms with Crippen LogP contribution in [0.2, 0.25) is 5.02 Å². The minimum Gasteiger partial charge on any atom is -0.353 e. The van der Waals surface area contributed by atoms with Crippen LogP contribution in [0.5, 0.6) is 5.75 Å². The van der Waals surface area contributed by atoms with Crippen LogP contribution in [0.3, 0.4) is 0 Å². The number of hydrogen-bond donors (Lipinski definition) is 2. The number of aryl methyl sites for hydroxylation is 1. The second-order valence-electron chi connectivity index (χ2n) is 7.14. The summed E-state index contributed by atoms with van der Waals surface area (Å²) < 4.78 is 23.8. The predicted molar refractivity (Wildman–Crippen MR) is 115 cm³/mol. The van der Waals surface area contributed by atoms with Crippen LogP contribution in [0.4, 0.5) is 0 Å². The highest BCUT2D eigenvalue weighted by atomic mass is 35.5. The Morgan fingerprint density at radius 3 is 2.97 bits per heavy atom. The van der Waals surface area contributed by atoms with Crippen LogP contribution in [-0.4, -0.2) is 41.6 Å². The second-order valence-corrected chi connectivity index (χ2v) is 9.52. The first-order chi connectivity index (χ1) is 14.1. The summed E-state index contributed by atoms with van der Waals surface area (Å²) in [5.74, 6) is 0.473. The van der Waals surface area contributed by atoms with Gasteiger partial charge < -0.3 is 4.74 Å². The van der Waals surface area contributed by atoms with Crippen molar-refractivity contribution < 1.29 is 23.2 Å². The zero-order valence-electron chi connectivity index (χ0n) is 15.9. The zero-order valence-corrected chi connectivity index (χ0v) is 18.4. The third-order valence-electron chi connectivity index (χ3n) is 4.89. The Bertz CT molecular complexity index is 1100. The van der Waals surface area contributed by atoms with Crippen LogP contribution < -0.4 is 10.2 Å². The Morgan fingerprint density at radius 2 is 2.20 bits per heavy atom. The molecule has 0 spiro atoms. The summed E-state index contributed by atoms with van der Waals surface area (Å²) in [7, 11) is 8.41. The van der Waals surface area contributed by atoms with E-state index < -0.39 is 31.6 Å². The largest absolute Gasteiger partial charge is 0.618 e. The number of hydrogen-bond acceptors (Lipinski definition) is 7. The second kappa shape index (κ2) is 8.06. The van der Waals surface area contributed by atoms with Crippen LogP contribution in [0.25, 0.3) is 0 Å². The van der Waals surface area contributed by atoms with Gasteiger partial charge in [-0.2, -0.15) is 9.42 Å². The maximum absolute atomic E-state index is 12.2. The molecule has 1 fully saturated rings. The van der Waals surface area contributed by atoms with Crippen molar-refractivity contribution >= 4 is 47.7 Å². The molecule has 2 aromatic rings. The molecule has 2 aliphatic rings. The van der Waals surface area contributed by atoms with E-state index in [-0.39, 0.29) is 16.3 Å². The third-order valence-corrected chi connectivity index (χ3v) is 7.03. The minimum atomic E-state index is -3.85. The summed E-state index contributed by atoms with van der Waals surface area (Å²) in [6.45, 7) is 1.92. The molecule has 154 valence electrons. The van der Waals surface area contributed by atoms with Gasteiger partial charge in [0.2, 0.25) is 0 Å². The molecule has 3 unspecified atom stereocenters. The highest BCUT2D eigenvalue weighted by Crippen LogP contribution is 2.64. The first kappa shape index (κ1) is 22.0. The summed E-state index contributed by atoms with van der Waals surface area (Å²) in [4.78, 5) is 25.4. The van der Waals surface area contributed by atoms with Gasteiger partial charge in [0, 0.05) is 11.8 Å². The average Bonchev–Trinajstić information content (AvgIpc) is 3.16. The summed E-state index contributed by atoms with van der Waals surface area (Å²) in [6, 6.07) is 5.52. The first-order valence-corrected chi connectivity index (χ1v) is 11.4. The Kier molecular flexibility index (Phi) is 5.91. The monoisotopic (exact) mass is 465 g/mol. The normalized spacial score (nSPS) is 26.2. The van der Waals surface area contributed by atoms with Crippen LogP contribution >= 0.6 is 32.0 Å². The van der Waals surface area contributed by atoms with Crippen molar-refractivity contribution in [1.29, 1.82) is 0 Å². The first-order valence-electron chi connectivity index (χ1n) is 9.07. The lowest BCUT2D eigenvalue weighted by Gasteiger charge is -2.33. The number of benzene rings is 1. The van der Waals surface area contributed by atoms with Crippen molar-refractivity contribution in [1.82, 2.24) is 9.55 Å². The number of para-hydroxylation sites is 1. The number of nitrogens with zero attached hydrogens (tertiary/aromatic N) is 1. The standard InChI is InChI=1S/C17H16B2ClN2O6PS/c1-9-3-2-4-10-8-25-29(24,27-14(9)10)28-17(18,19)12-5-6-13(26-12)22-7-11(20)15(30)21-16(22)23/h2-4,7,12-13,24H,5-6,8H2,1H3/p+1. The molecule has 8 nitrogen and oxygen atoms in total. The van der Waals surface area contributed by atoms with E-state index in [9.17, 15) is 9.69 Å². The highest BCUT2D eigenvalue weighted by Gasteiger charge is 2.56. The van der Waals surface area contributed by atoms with Crippen molar-refractivity contribution in [2.75, 3.05) is 0 Å². The smallest absolute Gasteiger partial charge is 0.353 e. The average molecular weight is 465 g/mol. The molecule has 0 bridgehead atoms. The number of nitrogens with one attached hydrogen (secondary N) is 1. The number of fused-ring (bicyclic) bond motifs is 1. The molecule has 4 rings (SSSR count). The minimum absolute atomic E-state index is 0.0860. The van der Waals surface area contributed by atoms with Gasteiger partial charge in [0.15, 0.2) is 5.75 Å². The van der Waals surface area contributed by atoms with E-state index in [4.69, 9.17) is 57.8 Å². The van der Waals surface area contributed by atoms with Crippen LogP contribution in [0, 0.1) is 11.6 Å².